The van der Waals surface area contributed by atoms with Crippen LogP contribution in [0.4, 0.5) is 38.4 Å². The van der Waals surface area contributed by atoms with Crippen molar-refractivity contribution in [3.63, 3.8) is 0 Å². The van der Waals surface area contributed by atoms with Gasteiger partial charge in [0.2, 0.25) is 0 Å². The number of benzene rings is 3. The number of anilines is 2. The lowest BCUT2D eigenvalue weighted by Crippen LogP contribution is -2.66. The summed E-state index contributed by atoms with van der Waals surface area (Å²) >= 11 is 13.2. The number of carbonyl (C=O) groups excluding carboxylic acids is 1. The van der Waals surface area contributed by atoms with E-state index in [-0.39, 0.29) is 56.4 Å². The summed E-state index contributed by atoms with van der Waals surface area (Å²) in [5.41, 5.74) is -3.05. The molecule has 0 N–H and O–H groups in total. The van der Waals surface area contributed by atoms with Gasteiger partial charge in [0.25, 0.3) is 0 Å². The highest BCUT2D eigenvalue weighted by molar-refractivity contribution is 6.35. The third-order valence-electron chi connectivity index (χ3n) is 9.87. The fourth-order valence-electron chi connectivity index (χ4n) is 7.29. The minimum Gasteiger partial charge on any atom is -0.497 e. The van der Waals surface area contributed by atoms with Crippen LogP contribution in [0.5, 0.6) is 11.5 Å². The predicted molar refractivity (Wildman–Crippen MR) is 212 cm³/mol. The van der Waals surface area contributed by atoms with Crippen molar-refractivity contribution in [2.45, 2.75) is 57.7 Å². The average molecular weight is 862 g/mol. The number of nitrogens with zero attached hydrogens (tertiary/aromatic N) is 6. The number of ether oxygens (including phenoxy) is 4. The highest BCUT2D eigenvalue weighted by atomic mass is 35.5. The van der Waals surface area contributed by atoms with E-state index in [0.717, 1.165) is 17.2 Å². The number of aromatic nitrogens is 3. The van der Waals surface area contributed by atoms with E-state index in [1.165, 1.54) is 25.2 Å². The van der Waals surface area contributed by atoms with E-state index < -0.39 is 74.2 Å². The Morgan fingerprint density at radius 1 is 0.847 bits per heavy atom. The summed E-state index contributed by atoms with van der Waals surface area (Å²) in [7, 11) is 3.04. The van der Waals surface area contributed by atoms with E-state index in [1.54, 1.807) is 79.1 Å². The van der Waals surface area contributed by atoms with E-state index in [0.29, 0.717) is 11.5 Å². The molecule has 11 nitrogen and oxygen atoms in total. The summed E-state index contributed by atoms with van der Waals surface area (Å²) in [6.45, 7) is 5.89. The Morgan fingerprint density at radius 2 is 1.41 bits per heavy atom. The second-order valence-electron chi connectivity index (χ2n) is 15.1. The number of alkyl halides is 3. The molecule has 2 bridgehead atoms. The quantitative estimate of drug-likeness (QED) is 0.105. The average Bonchev–Trinajstić information content (AvgIpc) is 3.16. The van der Waals surface area contributed by atoms with Gasteiger partial charge in [-0.25, -0.2) is 14.2 Å². The van der Waals surface area contributed by atoms with E-state index in [2.05, 4.69) is 15.0 Å². The molecule has 0 aliphatic carbocycles. The molecule has 3 aromatic carbocycles. The lowest BCUT2D eigenvalue weighted by atomic mass is 10.00. The van der Waals surface area contributed by atoms with Crippen molar-refractivity contribution < 1.29 is 45.7 Å². The fraction of sp³-hybridized carbons (Fsp3) is 0.366. The Balaban J connectivity index is 1.34. The molecule has 0 spiro atoms. The number of methoxy groups -OCH3 is 2. The van der Waals surface area contributed by atoms with Crippen molar-refractivity contribution in [1.29, 1.82) is 0 Å². The minimum absolute atomic E-state index is 0.0366. The molecule has 5 aromatic rings. The van der Waals surface area contributed by atoms with Gasteiger partial charge in [-0.15, -0.1) is 0 Å². The molecule has 2 aromatic heterocycles. The summed E-state index contributed by atoms with van der Waals surface area (Å²) in [6, 6.07) is 15.2. The van der Waals surface area contributed by atoms with E-state index in [1.807, 2.05) is 0 Å². The molecular weight excluding hydrogens is 822 g/mol. The smallest absolute Gasteiger partial charge is 0.419 e. The Labute approximate surface area is 346 Å². The van der Waals surface area contributed by atoms with Gasteiger partial charge in [0, 0.05) is 31.6 Å². The summed E-state index contributed by atoms with van der Waals surface area (Å²) < 4.78 is 99.3. The molecule has 7 rings (SSSR count). The summed E-state index contributed by atoms with van der Waals surface area (Å²) in [5.74, 6) is -0.281. The molecule has 2 unspecified atom stereocenters. The van der Waals surface area contributed by atoms with Crippen LogP contribution in [0.1, 0.15) is 37.5 Å². The number of fused-ring (bicyclic) bond motifs is 3. The number of amides is 1. The molecule has 2 atom stereocenters. The number of pyridine rings is 1. The highest BCUT2D eigenvalue weighted by Crippen LogP contribution is 2.47. The van der Waals surface area contributed by atoms with Crippen LogP contribution in [0.2, 0.25) is 10.0 Å². The molecule has 2 fully saturated rings. The first kappa shape index (κ1) is 42.0. The molecule has 4 heterocycles. The number of piperazine rings is 1. The maximum absolute atomic E-state index is 17.1. The normalized spacial score (nSPS) is 16.9. The number of hydrogen-bond acceptors (Lipinski definition) is 10. The lowest BCUT2D eigenvalue weighted by molar-refractivity contribution is -0.137. The maximum Gasteiger partial charge on any atom is 0.419 e. The predicted octanol–water partition coefficient (Wildman–Crippen LogP) is 9.34. The first-order valence-electron chi connectivity index (χ1n) is 18.4. The number of carbonyl (C=O) groups is 1. The summed E-state index contributed by atoms with van der Waals surface area (Å²) in [4.78, 5) is 30.1. The van der Waals surface area contributed by atoms with Crippen LogP contribution in [0.25, 0.3) is 22.2 Å². The van der Waals surface area contributed by atoms with Crippen molar-refractivity contribution in [1.82, 2.24) is 19.9 Å². The molecule has 18 heteroatoms. The number of rotatable bonds is 9. The summed E-state index contributed by atoms with van der Waals surface area (Å²) in [6.07, 6.45) is -7.02. The first-order valence-corrected chi connectivity index (χ1v) is 19.2. The van der Waals surface area contributed by atoms with Crippen LogP contribution in [-0.2, 0) is 28.7 Å². The van der Waals surface area contributed by atoms with Crippen molar-refractivity contribution in [3.8, 4) is 22.8 Å². The van der Waals surface area contributed by atoms with Gasteiger partial charge in [-0.1, -0.05) is 47.5 Å². The van der Waals surface area contributed by atoms with Crippen LogP contribution < -0.4 is 19.3 Å². The van der Waals surface area contributed by atoms with Gasteiger partial charge in [0.05, 0.1) is 60.8 Å². The van der Waals surface area contributed by atoms with Gasteiger partial charge in [-0.2, -0.15) is 27.5 Å². The molecule has 2 aliphatic rings. The topological polar surface area (TPSA) is 102 Å². The molecular formula is C41H39Cl2F5N6O5. The Morgan fingerprint density at radius 3 is 1.92 bits per heavy atom. The molecule has 312 valence electrons. The van der Waals surface area contributed by atoms with Gasteiger partial charge in [0.1, 0.15) is 39.8 Å². The number of hydrogen-bond donors (Lipinski definition) is 0. The van der Waals surface area contributed by atoms with Crippen LogP contribution in [0.15, 0.2) is 60.7 Å². The van der Waals surface area contributed by atoms with Crippen LogP contribution >= 0.6 is 23.2 Å². The van der Waals surface area contributed by atoms with E-state index in [9.17, 15) is 18.0 Å². The van der Waals surface area contributed by atoms with Gasteiger partial charge < -0.3 is 33.6 Å². The van der Waals surface area contributed by atoms with Crippen molar-refractivity contribution >= 4 is 51.8 Å². The Bertz CT molecular complexity index is 2300. The lowest BCUT2D eigenvalue weighted by Gasteiger charge is -2.50. The fourth-order valence-corrected chi connectivity index (χ4v) is 7.86. The minimum atomic E-state index is -5.13. The molecule has 59 heavy (non-hydrogen) atoms. The van der Waals surface area contributed by atoms with E-state index in [4.69, 9.17) is 42.1 Å². The molecule has 2 saturated heterocycles. The van der Waals surface area contributed by atoms with Crippen molar-refractivity contribution in [2.24, 2.45) is 0 Å². The van der Waals surface area contributed by atoms with Crippen LogP contribution in [-0.4, -0.2) is 84.2 Å². The Hall–Kier alpha value is -5.19. The van der Waals surface area contributed by atoms with Gasteiger partial charge in [-0.05, 0) is 68.3 Å². The molecule has 0 radical (unpaired) electrons. The third-order valence-corrected chi connectivity index (χ3v) is 10.5. The van der Waals surface area contributed by atoms with Gasteiger partial charge in [-0.3, -0.25) is 0 Å². The zero-order chi connectivity index (χ0) is 42.4. The number of morpholine rings is 1. The standard InChI is InChI=1S/C41H39Cl2F5N6O5/c1-40(2,3)59-39(55)53-18-24-20-58-21-25(19-53)54(24)37-28-14-29(42)32(34(44)35(28)50-38(45)51-37)36-33(41(46,47)48)30(43)15-31(49-36)52(16-22-6-10-26(56-4)11-7-22)17-23-8-12-27(57-5)13-9-23/h6-15,24-25H,16-21H2,1-5H3. The number of halogens is 7. The second kappa shape index (κ2) is 16.5. The maximum atomic E-state index is 17.1. The monoisotopic (exact) mass is 860 g/mol. The molecule has 2 aliphatic heterocycles. The zero-order valence-corrected chi connectivity index (χ0v) is 34.1. The SMILES string of the molecule is COc1ccc(CN(Cc2ccc(OC)cc2)c2cc(Cl)c(C(F)(F)F)c(-c3c(Cl)cc4c(N5C6COCC5CN(C(=O)OC(C)(C)C)C6)nc(F)nc4c3F)n2)cc1. The Kier molecular flexibility index (Phi) is 11.7. The second-order valence-corrected chi connectivity index (χ2v) is 15.9. The van der Waals surface area contributed by atoms with Gasteiger partial charge >= 0.3 is 18.3 Å². The largest absolute Gasteiger partial charge is 0.497 e. The van der Waals surface area contributed by atoms with Crippen LogP contribution in [0.3, 0.4) is 0 Å². The third kappa shape index (κ3) is 8.89. The summed E-state index contributed by atoms with van der Waals surface area (Å²) in [5, 5.41) is -1.33. The van der Waals surface area contributed by atoms with E-state index >= 15 is 8.78 Å². The van der Waals surface area contributed by atoms with Crippen molar-refractivity contribution in [2.75, 3.05) is 50.3 Å². The molecule has 1 amide bonds. The van der Waals surface area contributed by atoms with Gasteiger partial charge in [0.15, 0.2) is 5.82 Å². The first-order chi connectivity index (χ1) is 27.9. The highest BCUT2D eigenvalue weighted by Gasteiger charge is 2.44. The van der Waals surface area contributed by atoms with Crippen molar-refractivity contribution in [3.05, 3.63) is 99.3 Å². The molecule has 0 saturated carbocycles. The zero-order valence-electron chi connectivity index (χ0n) is 32.5. The van der Waals surface area contributed by atoms with Crippen LogP contribution in [0, 0.1) is 11.9 Å².